The van der Waals surface area contributed by atoms with Crippen LogP contribution < -0.4 is 5.48 Å². The van der Waals surface area contributed by atoms with Crippen LogP contribution in [0.3, 0.4) is 0 Å². The number of ether oxygens (including phenoxy) is 1. The number of hydrogen-bond acceptors (Lipinski definition) is 4. The number of hydrogen-bond donors (Lipinski definition) is 2. The van der Waals surface area contributed by atoms with E-state index in [2.05, 4.69) is 5.48 Å². The maximum Gasteiger partial charge on any atom is 0.325 e. The van der Waals surface area contributed by atoms with Gasteiger partial charge in [0.25, 0.3) is 0 Å². The summed E-state index contributed by atoms with van der Waals surface area (Å²) in [6.07, 6.45) is -0.347. The van der Waals surface area contributed by atoms with Gasteiger partial charge in [-0.25, -0.2) is 0 Å². The van der Waals surface area contributed by atoms with Gasteiger partial charge in [-0.2, -0.15) is 5.48 Å². The van der Waals surface area contributed by atoms with Crippen LogP contribution in [0.1, 0.15) is 38.0 Å². The predicted molar refractivity (Wildman–Crippen MR) is 96.1 cm³/mol. The monoisotopic (exact) mass is 343 g/mol. The number of carboxylic acids is 1. The van der Waals surface area contributed by atoms with E-state index in [9.17, 15) is 9.90 Å². The van der Waals surface area contributed by atoms with Crippen molar-refractivity contribution in [2.45, 2.75) is 38.5 Å². The summed E-state index contributed by atoms with van der Waals surface area (Å²) in [5, 5.41) is 9.40. The molecule has 0 aliphatic carbocycles. The zero-order valence-electron chi connectivity index (χ0n) is 14.8. The largest absolute Gasteiger partial charge is 0.480 e. The van der Waals surface area contributed by atoms with Crippen molar-refractivity contribution in [3.05, 3.63) is 71.8 Å². The molecule has 0 aliphatic rings. The van der Waals surface area contributed by atoms with Crippen molar-refractivity contribution in [3.63, 3.8) is 0 Å². The number of aliphatic carboxylic acids is 1. The van der Waals surface area contributed by atoms with Gasteiger partial charge in [0.05, 0.1) is 12.2 Å². The summed E-state index contributed by atoms with van der Waals surface area (Å²) in [6, 6.07) is 18.5. The molecule has 0 amide bonds. The van der Waals surface area contributed by atoms with Crippen molar-refractivity contribution in [2.75, 3.05) is 6.61 Å². The van der Waals surface area contributed by atoms with Crippen molar-refractivity contribution in [2.24, 2.45) is 0 Å². The molecule has 0 radical (unpaired) electrons. The number of carbonyl (C=O) groups is 1. The van der Waals surface area contributed by atoms with Crippen LogP contribution in [0.4, 0.5) is 0 Å². The van der Waals surface area contributed by atoms with E-state index in [-0.39, 0.29) is 12.7 Å². The van der Waals surface area contributed by atoms with E-state index < -0.39 is 17.6 Å². The molecule has 25 heavy (non-hydrogen) atoms. The Morgan fingerprint density at radius 2 is 1.48 bits per heavy atom. The minimum Gasteiger partial charge on any atom is -0.480 e. The molecule has 0 unspecified atom stereocenters. The van der Waals surface area contributed by atoms with E-state index in [1.54, 1.807) is 0 Å². The Bertz CT molecular complexity index is 613. The minimum absolute atomic E-state index is 0.0279. The maximum absolute atomic E-state index is 11.5. The second-order valence-electron chi connectivity index (χ2n) is 6.76. The number of carboxylic acid groups (broad SMARTS) is 1. The van der Waals surface area contributed by atoms with Crippen LogP contribution in [0.2, 0.25) is 0 Å². The van der Waals surface area contributed by atoms with Gasteiger partial charge >= 0.3 is 5.97 Å². The summed E-state index contributed by atoms with van der Waals surface area (Å²) in [5.74, 6) is -1.02. The molecule has 1 atom stereocenters. The lowest BCUT2D eigenvalue weighted by molar-refractivity contribution is -0.155. The zero-order chi connectivity index (χ0) is 18.3. The Kier molecular flexibility index (Phi) is 6.70. The van der Waals surface area contributed by atoms with Crippen LogP contribution >= 0.6 is 0 Å². The lowest BCUT2D eigenvalue weighted by Gasteiger charge is -2.25. The number of nitrogens with one attached hydrogen (secondary N) is 1. The Morgan fingerprint density at radius 3 is 1.88 bits per heavy atom. The number of hydroxylamine groups is 1. The van der Waals surface area contributed by atoms with E-state index in [1.165, 1.54) is 0 Å². The minimum atomic E-state index is -1.02. The first-order valence-electron chi connectivity index (χ1n) is 8.24. The molecule has 0 aliphatic heterocycles. The normalized spacial score (nSPS) is 13.0. The molecule has 5 nitrogen and oxygen atoms in total. The molecule has 0 aromatic heterocycles. The van der Waals surface area contributed by atoms with Crippen LogP contribution in [0.5, 0.6) is 0 Å². The molecule has 0 spiro atoms. The quantitative estimate of drug-likeness (QED) is 0.717. The molecule has 0 saturated carbocycles. The van der Waals surface area contributed by atoms with Gasteiger partial charge in [-0.1, -0.05) is 60.7 Å². The van der Waals surface area contributed by atoms with Gasteiger partial charge in [0.1, 0.15) is 6.10 Å². The van der Waals surface area contributed by atoms with E-state index in [0.29, 0.717) is 0 Å². The maximum atomic E-state index is 11.5. The Morgan fingerprint density at radius 1 is 1.00 bits per heavy atom. The van der Waals surface area contributed by atoms with Gasteiger partial charge in [-0.3, -0.25) is 9.63 Å². The summed E-state index contributed by atoms with van der Waals surface area (Å²) in [7, 11) is 0. The third-order valence-electron chi connectivity index (χ3n) is 3.44. The Hall–Kier alpha value is -2.21. The van der Waals surface area contributed by atoms with Crippen molar-refractivity contribution in [1.82, 2.24) is 5.48 Å². The summed E-state index contributed by atoms with van der Waals surface area (Å²) in [6.45, 7) is 5.50. The molecule has 2 aromatic rings. The van der Waals surface area contributed by atoms with Crippen molar-refractivity contribution in [3.8, 4) is 0 Å². The topological polar surface area (TPSA) is 67.8 Å². The van der Waals surface area contributed by atoms with Crippen molar-refractivity contribution < 1.29 is 19.5 Å². The molecule has 2 N–H and O–H groups in total. The predicted octanol–water partition coefficient (Wildman–Crippen LogP) is 3.57. The highest BCUT2D eigenvalue weighted by Gasteiger charge is 2.24. The third kappa shape index (κ3) is 6.31. The van der Waals surface area contributed by atoms with E-state index in [0.717, 1.165) is 11.1 Å². The fraction of sp³-hybridized carbons (Fsp3) is 0.350. The summed E-state index contributed by atoms with van der Waals surface area (Å²) < 4.78 is 5.98. The molecule has 0 fully saturated rings. The van der Waals surface area contributed by atoms with Gasteiger partial charge in [0.15, 0.2) is 6.04 Å². The standard InChI is InChI=1S/C20H25NO4/c1-20(2,3)25-21-17(19(22)23)14-24-18(15-10-6-4-7-11-15)16-12-8-5-9-13-16/h4-13,17-18,21H,14H2,1-3H3,(H,22,23)/t17-/m0/s1. The van der Waals surface area contributed by atoms with Crippen LogP contribution in [0.15, 0.2) is 60.7 Å². The van der Waals surface area contributed by atoms with Crippen LogP contribution in [0.25, 0.3) is 0 Å². The van der Waals surface area contributed by atoms with Gasteiger partial charge in [0.2, 0.25) is 0 Å². The molecule has 134 valence electrons. The SMILES string of the molecule is CC(C)(C)ON[C@@H](COC(c1ccccc1)c1ccccc1)C(=O)O. The molecule has 2 rings (SSSR count). The lowest BCUT2D eigenvalue weighted by Crippen LogP contribution is -2.44. The summed E-state index contributed by atoms with van der Waals surface area (Å²) in [5.41, 5.74) is 4.03. The molecule has 0 saturated heterocycles. The van der Waals surface area contributed by atoms with E-state index >= 15 is 0 Å². The highest BCUT2D eigenvalue weighted by Crippen LogP contribution is 2.26. The number of benzene rings is 2. The Labute approximate surface area is 148 Å². The molecular weight excluding hydrogens is 318 g/mol. The van der Waals surface area contributed by atoms with Gasteiger partial charge in [0, 0.05) is 0 Å². The van der Waals surface area contributed by atoms with Crippen LogP contribution in [0, 0.1) is 0 Å². The first-order chi connectivity index (χ1) is 11.9. The number of rotatable bonds is 8. The second-order valence-corrected chi connectivity index (χ2v) is 6.76. The fourth-order valence-electron chi connectivity index (χ4n) is 2.24. The smallest absolute Gasteiger partial charge is 0.325 e. The van der Waals surface area contributed by atoms with Crippen LogP contribution in [-0.2, 0) is 14.4 Å². The molecule has 2 aromatic carbocycles. The zero-order valence-corrected chi connectivity index (χ0v) is 14.8. The van der Waals surface area contributed by atoms with Crippen molar-refractivity contribution in [1.29, 1.82) is 0 Å². The van der Waals surface area contributed by atoms with Crippen LogP contribution in [-0.4, -0.2) is 29.3 Å². The van der Waals surface area contributed by atoms with Gasteiger partial charge < -0.3 is 9.84 Å². The first kappa shape index (κ1) is 19.1. The molecule has 0 heterocycles. The lowest BCUT2D eigenvalue weighted by atomic mass is 10.0. The fourth-order valence-corrected chi connectivity index (χ4v) is 2.24. The molecule has 5 heteroatoms. The third-order valence-corrected chi connectivity index (χ3v) is 3.44. The van der Waals surface area contributed by atoms with Gasteiger partial charge in [-0.05, 0) is 31.9 Å². The Balaban J connectivity index is 2.12. The summed E-state index contributed by atoms with van der Waals surface area (Å²) >= 11 is 0. The van der Waals surface area contributed by atoms with E-state index in [1.807, 2.05) is 81.4 Å². The molecular formula is C20H25NO4. The van der Waals surface area contributed by atoms with Gasteiger partial charge in [-0.15, -0.1) is 0 Å². The first-order valence-corrected chi connectivity index (χ1v) is 8.24. The average molecular weight is 343 g/mol. The second kappa shape index (κ2) is 8.76. The average Bonchev–Trinajstić information content (AvgIpc) is 2.58. The van der Waals surface area contributed by atoms with E-state index in [4.69, 9.17) is 9.57 Å². The van der Waals surface area contributed by atoms with Crippen molar-refractivity contribution >= 4 is 5.97 Å². The highest BCUT2D eigenvalue weighted by atomic mass is 16.7. The highest BCUT2D eigenvalue weighted by molar-refractivity contribution is 5.73. The molecule has 0 bridgehead atoms. The summed E-state index contributed by atoms with van der Waals surface area (Å²) in [4.78, 5) is 16.9.